The lowest BCUT2D eigenvalue weighted by Gasteiger charge is -2.21. The number of ketones is 1. The fraction of sp³-hybridized carbons (Fsp3) is 0.147. The van der Waals surface area contributed by atoms with E-state index in [1.165, 1.54) is 13.2 Å². The summed E-state index contributed by atoms with van der Waals surface area (Å²) in [6, 6.07) is 24.1. The first-order chi connectivity index (χ1) is 20.8. The highest BCUT2D eigenvalue weighted by atomic mass is 35.5. The number of Topliss-reactive ketones (excluding diaryl/α,β-unsaturated/α-hetero) is 1. The summed E-state index contributed by atoms with van der Waals surface area (Å²) in [6.07, 6.45) is 0.332. The molecule has 0 radical (unpaired) electrons. The lowest BCUT2D eigenvalue weighted by molar-refractivity contribution is 0.0921. The zero-order chi connectivity index (χ0) is 30.1. The summed E-state index contributed by atoms with van der Waals surface area (Å²) >= 11 is 5.99. The van der Waals surface area contributed by atoms with E-state index in [1.54, 1.807) is 42.5 Å². The van der Waals surface area contributed by atoms with Crippen LogP contribution in [-0.4, -0.2) is 30.3 Å². The Morgan fingerprint density at radius 2 is 1.81 bits per heavy atom. The number of aliphatic imine (C=N–C) groups is 1. The Morgan fingerprint density at radius 1 is 1.05 bits per heavy atom. The Labute approximate surface area is 252 Å². The fourth-order valence-corrected chi connectivity index (χ4v) is 5.35. The Morgan fingerprint density at radius 3 is 2.58 bits per heavy atom. The van der Waals surface area contributed by atoms with Gasteiger partial charge in [0.2, 0.25) is 0 Å². The molecule has 1 aliphatic rings. The van der Waals surface area contributed by atoms with Crippen LogP contribution in [0.15, 0.2) is 99.1 Å². The van der Waals surface area contributed by atoms with Crippen LogP contribution < -0.4 is 20.4 Å². The van der Waals surface area contributed by atoms with Crippen molar-refractivity contribution >= 4 is 45.4 Å². The predicted molar refractivity (Wildman–Crippen MR) is 167 cm³/mol. The zero-order valence-corrected chi connectivity index (χ0v) is 24.1. The molecule has 216 valence electrons. The number of phenols is 1. The lowest BCUT2D eigenvalue weighted by atomic mass is 9.94. The minimum absolute atomic E-state index is 0.00865. The quantitative estimate of drug-likeness (QED) is 0.149. The van der Waals surface area contributed by atoms with Gasteiger partial charge < -0.3 is 24.3 Å². The first kappa shape index (κ1) is 28.1. The summed E-state index contributed by atoms with van der Waals surface area (Å²) in [4.78, 5) is 30.7. The average molecular weight is 595 g/mol. The number of ether oxygens (including phenoxy) is 2. The molecule has 6 rings (SSSR count). The second kappa shape index (κ2) is 11.7. The molecule has 0 fully saturated rings. The number of aromatic hydroxyl groups is 1. The molecule has 1 atom stereocenters. The van der Waals surface area contributed by atoms with Crippen LogP contribution in [0.4, 0.5) is 11.4 Å². The van der Waals surface area contributed by atoms with Gasteiger partial charge in [-0.25, -0.2) is 4.79 Å². The van der Waals surface area contributed by atoms with Crippen molar-refractivity contribution < 1.29 is 23.8 Å². The molecule has 5 aromatic rings. The van der Waals surface area contributed by atoms with Crippen LogP contribution in [0.5, 0.6) is 17.2 Å². The summed E-state index contributed by atoms with van der Waals surface area (Å²) in [5.74, 6) is 0.473. The van der Waals surface area contributed by atoms with Gasteiger partial charge in [0, 0.05) is 28.5 Å². The molecule has 2 heterocycles. The largest absolute Gasteiger partial charge is 0.504 e. The van der Waals surface area contributed by atoms with Crippen molar-refractivity contribution in [3.05, 3.63) is 123 Å². The van der Waals surface area contributed by atoms with Crippen molar-refractivity contribution in [2.24, 2.45) is 4.99 Å². The summed E-state index contributed by atoms with van der Waals surface area (Å²) in [5, 5.41) is 15.3. The summed E-state index contributed by atoms with van der Waals surface area (Å²) < 4.78 is 17.2. The minimum atomic E-state index is -0.509. The van der Waals surface area contributed by atoms with E-state index in [-0.39, 0.29) is 24.2 Å². The van der Waals surface area contributed by atoms with Crippen LogP contribution >= 0.6 is 11.6 Å². The van der Waals surface area contributed by atoms with Crippen molar-refractivity contribution in [3.8, 4) is 17.2 Å². The standard InChI is InChI=1S/C34H27ClN2O6/c1-19-15-32(40)43-34-23(19)12-14-31(42-18-29(39)20-7-10-22(35)11-8-20)33(34)27-17-26(21-9-13-30(41-2)28(38)16-21)36-24-5-3-4-6-25(24)37-27/h3-16,26,36,38H,17-18H2,1-2H3/t26-/m1/s1. The predicted octanol–water partition coefficient (Wildman–Crippen LogP) is 7.41. The van der Waals surface area contributed by atoms with Gasteiger partial charge in [-0.2, -0.15) is 0 Å². The van der Waals surface area contributed by atoms with Gasteiger partial charge in [0.1, 0.15) is 5.75 Å². The summed E-state index contributed by atoms with van der Waals surface area (Å²) in [7, 11) is 1.50. The molecule has 0 aliphatic carbocycles. The SMILES string of the molecule is COc1ccc([C@H]2CC(c3c(OCC(=O)c4ccc(Cl)cc4)ccc4c(C)cc(=O)oc34)=Nc3ccccc3N2)cc1O. The van der Waals surface area contributed by atoms with E-state index in [1.807, 2.05) is 43.3 Å². The first-order valence-corrected chi connectivity index (χ1v) is 14.0. The molecule has 8 nitrogen and oxygen atoms in total. The molecule has 0 spiro atoms. The molecular formula is C34H27ClN2O6. The normalized spacial score (nSPS) is 14.3. The van der Waals surface area contributed by atoms with Gasteiger partial charge in [0.05, 0.1) is 35.8 Å². The maximum Gasteiger partial charge on any atom is 0.336 e. The number of rotatable bonds is 7. The molecule has 0 amide bonds. The van der Waals surface area contributed by atoms with E-state index in [9.17, 15) is 14.7 Å². The number of fused-ring (bicyclic) bond motifs is 2. The van der Waals surface area contributed by atoms with Crippen LogP contribution in [0.2, 0.25) is 5.02 Å². The van der Waals surface area contributed by atoms with E-state index < -0.39 is 5.63 Å². The number of methoxy groups -OCH3 is 1. The van der Waals surface area contributed by atoms with Gasteiger partial charge in [-0.1, -0.05) is 29.8 Å². The van der Waals surface area contributed by atoms with E-state index in [2.05, 4.69) is 5.32 Å². The summed E-state index contributed by atoms with van der Waals surface area (Å²) in [5.41, 5.74) is 4.31. The van der Waals surface area contributed by atoms with Crippen LogP contribution in [0.25, 0.3) is 11.0 Å². The van der Waals surface area contributed by atoms with Gasteiger partial charge >= 0.3 is 5.63 Å². The smallest absolute Gasteiger partial charge is 0.336 e. The Kier molecular flexibility index (Phi) is 7.61. The van der Waals surface area contributed by atoms with Gasteiger partial charge in [-0.3, -0.25) is 9.79 Å². The highest BCUT2D eigenvalue weighted by Gasteiger charge is 2.27. The van der Waals surface area contributed by atoms with Crippen LogP contribution in [0.3, 0.4) is 0 Å². The Bertz CT molecular complexity index is 1950. The van der Waals surface area contributed by atoms with Crippen LogP contribution in [-0.2, 0) is 0 Å². The highest BCUT2D eigenvalue weighted by Crippen LogP contribution is 2.40. The molecule has 0 bridgehead atoms. The molecule has 2 N–H and O–H groups in total. The monoisotopic (exact) mass is 594 g/mol. The number of benzene rings is 4. The van der Waals surface area contributed by atoms with Crippen molar-refractivity contribution in [3.63, 3.8) is 0 Å². The molecule has 1 aromatic heterocycles. The maximum atomic E-state index is 13.0. The van der Waals surface area contributed by atoms with Crippen LogP contribution in [0, 0.1) is 6.92 Å². The number of hydrogen-bond acceptors (Lipinski definition) is 8. The fourth-order valence-electron chi connectivity index (χ4n) is 5.22. The van der Waals surface area contributed by atoms with E-state index in [4.69, 9.17) is 30.5 Å². The molecule has 43 heavy (non-hydrogen) atoms. The molecular weight excluding hydrogens is 568 g/mol. The Hall–Kier alpha value is -5.08. The third kappa shape index (κ3) is 5.69. The molecule has 0 saturated carbocycles. The molecule has 0 unspecified atom stereocenters. The number of halogens is 1. The van der Waals surface area contributed by atoms with Crippen molar-refractivity contribution in [2.45, 2.75) is 19.4 Å². The minimum Gasteiger partial charge on any atom is -0.504 e. The second-order valence-electron chi connectivity index (χ2n) is 10.2. The number of anilines is 1. The van der Waals surface area contributed by atoms with Crippen molar-refractivity contribution in [2.75, 3.05) is 19.0 Å². The number of carbonyl (C=O) groups excluding carboxylic acids is 1. The second-order valence-corrected chi connectivity index (χ2v) is 10.6. The number of nitrogens with zero attached hydrogens (tertiary/aromatic N) is 1. The molecule has 4 aromatic carbocycles. The van der Waals surface area contributed by atoms with E-state index in [0.717, 1.165) is 22.2 Å². The molecule has 0 saturated heterocycles. The average Bonchev–Trinajstić information content (AvgIpc) is 3.19. The molecule has 9 heteroatoms. The number of para-hydroxylation sites is 2. The van der Waals surface area contributed by atoms with Gasteiger partial charge in [0.15, 0.2) is 29.5 Å². The number of nitrogens with one attached hydrogen (secondary N) is 1. The Balaban J connectivity index is 1.49. The van der Waals surface area contributed by atoms with E-state index >= 15 is 0 Å². The van der Waals surface area contributed by atoms with Gasteiger partial charge in [-0.05, 0) is 78.7 Å². The lowest BCUT2D eigenvalue weighted by Crippen LogP contribution is -2.17. The number of phenolic OH excluding ortho intramolecular Hbond substituents is 1. The number of hydrogen-bond donors (Lipinski definition) is 2. The van der Waals surface area contributed by atoms with Gasteiger partial charge in [0.25, 0.3) is 0 Å². The van der Waals surface area contributed by atoms with Crippen molar-refractivity contribution in [1.82, 2.24) is 0 Å². The summed E-state index contributed by atoms with van der Waals surface area (Å²) in [6.45, 7) is 1.58. The molecule has 1 aliphatic heterocycles. The number of carbonyl (C=O) groups is 1. The van der Waals surface area contributed by atoms with Crippen LogP contribution in [0.1, 0.15) is 39.5 Å². The topological polar surface area (TPSA) is 110 Å². The third-order valence-corrected chi connectivity index (χ3v) is 7.64. The number of aryl methyl sites for hydroxylation is 1. The maximum absolute atomic E-state index is 13.0. The highest BCUT2D eigenvalue weighted by molar-refractivity contribution is 6.30. The van der Waals surface area contributed by atoms with Gasteiger partial charge in [-0.15, -0.1) is 0 Å². The third-order valence-electron chi connectivity index (χ3n) is 7.39. The van der Waals surface area contributed by atoms with Crippen molar-refractivity contribution in [1.29, 1.82) is 0 Å². The van der Waals surface area contributed by atoms with E-state index in [0.29, 0.717) is 51.1 Å². The zero-order valence-electron chi connectivity index (χ0n) is 23.4. The first-order valence-electron chi connectivity index (χ1n) is 13.6.